The van der Waals surface area contributed by atoms with E-state index in [2.05, 4.69) is 5.32 Å². The lowest BCUT2D eigenvalue weighted by molar-refractivity contribution is -0.122. The highest BCUT2D eigenvalue weighted by Gasteiger charge is 2.21. The highest BCUT2D eigenvalue weighted by Crippen LogP contribution is 2.26. The van der Waals surface area contributed by atoms with Crippen LogP contribution in [0.2, 0.25) is 0 Å². The Bertz CT molecular complexity index is 698. The number of thiophene rings is 1. The molecule has 2 heterocycles. The molecule has 1 fully saturated rings. The lowest BCUT2D eigenvalue weighted by Gasteiger charge is -2.23. The van der Waals surface area contributed by atoms with E-state index in [0.717, 1.165) is 23.1 Å². The third-order valence-corrected chi connectivity index (χ3v) is 5.21. The lowest BCUT2D eigenvalue weighted by atomic mass is 9.95. The van der Waals surface area contributed by atoms with Gasteiger partial charge in [-0.05, 0) is 37.3 Å². The van der Waals surface area contributed by atoms with Crippen molar-refractivity contribution in [1.29, 1.82) is 0 Å². The molecule has 0 atom stereocenters. The minimum atomic E-state index is -0.374. The molecule has 3 rings (SSSR count). The number of hydrogen-bond donors (Lipinski definition) is 1. The molecule has 23 heavy (non-hydrogen) atoms. The molecule has 1 amide bonds. The molecule has 0 aromatic carbocycles. The first-order valence-corrected chi connectivity index (χ1v) is 9.10. The number of esters is 1. The average Bonchev–Trinajstić information content (AvgIpc) is 3.11. The second kappa shape index (κ2) is 7.17. The van der Waals surface area contributed by atoms with E-state index in [0.29, 0.717) is 12.3 Å². The van der Waals surface area contributed by atoms with Crippen LogP contribution in [-0.2, 0) is 16.1 Å². The van der Waals surface area contributed by atoms with Gasteiger partial charge in [-0.25, -0.2) is 4.79 Å². The lowest BCUT2D eigenvalue weighted by Crippen LogP contribution is -2.38. The summed E-state index contributed by atoms with van der Waals surface area (Å²) in [6.07, 6.45) is 5.72. The van der Waals surface area contributed by atoms with Crippen LogP contribution in [-0.4, -0.2) is 29.1 Å². The summed E-state index contributed by atoms with van der Waals surface area (Å²) in [4.78, 5) is 25.5. The van der Waals surface area contributed by atoms with E-state index in [-0.39, 0.29) is 24.5 Å². The molecule has 1 N–H and O–H groups in total. The maximum Gasteiger partial charge on any atom is 0.355 e. The van der Waals surface area contributed by atoms with Crippen molar-refractivity contribution in [2.45, 2.75) is 51.6 Å². The van der Waals surface area contributed by atoms with E-state index in [1.807, 2.05) is 11.4 Å². The molecule has 124 valence electrons. The summed E-state index contributed by atoms with van der Waals surface area (Å²) >= 11 is 1.53. The molecule has 0 radical (unpaired) electrons. The molecule has 6 heteroatoms. The molecular weight excluding hydrogens is 312 g/mol. The third kappa shape index (κ3) is 3.58. The van der Waals surface area contributed by atoms with Crippen molar-refractivity contribution in [2.24, 2.45) is 0 Å². The summed E-state index contributed by atoms with van der Waals surface area (Å²) in [6, 6.07) is 4.03. The van der Waals surface area contributed by atoms with Crippen LogP contribution in [0.4, 0.5) is 0 Å². The number of amides is 1. The van der Waals surface area contributed by atoms with E-state index in [4.69, 9.17) is 4.74 Å². The van der Waals surface area contributed by atoms with E-state index in [1.54, 1.807) is 17.6 Å². The Labute approximate surface area is 139 Å². The average molecular weight is 334 g/mol. The van der Waals surface area contributed by atoms with Gasteiger partial charge in [-0.15, -0.1) is 11.3 Å². The zero-order valence-electron chi connectivity index (χ0n) is 13.3. The summed E-state index contributed by atoms with van der Waals surface area (Å²) in [5.74, 6) is -0.408. The van der Waals surface area contributed by atoms with Crippen LogP contribution in [0, 0.1) is 0 Å². The van der Waals surface area contributed by atoms with Crippen molar-refractivity contribution in [3.05, 3.63) is 23.2 Å². The maximum absolute atomic E-state index is 12.4. The Balaban J connectivity index is 1.77. The topological polar surface area (TPSA) is 60.3 Å². The Morgan fingerprint density at radius 3 is 2.87 bits per heavy atom. The van der Waals surface area contributed by atoms with Gasteiger partial charge in [0, 0.05) is 11.4 Å². The molecule has 0 spiro atoms. The van der Waals surface area contributed by atoms with Crippen LogP contribution in [0.5, 0.6) is 0 Å². The second-order valence-electron chi connectivity index (χ2n) is 5.92. The van der Waals surface area contributed by atoms with Gasteiger partial charge >= 0.3 is 5.97 Å². The van der Waals surface area contributed by atoms with Crippen molar-refractivity contribution < 1.29 is 14.3 Å². The van der Waals surface area contributed by atoms with Gasteiger partial charge in [-0.1, -0.05) is 19.3 Å². The number of nitrogens with one attached hydrogen (secondary N) is 1. The van der Waals surface area contributed by atoms with Crippen molar-refractivity contribution in [3.8, 4) is 0 Å². The van der Waals surface area contributed by atoms with Crippen molar-refractivity contribution in [3.63, 3.8) is 0 Å². The van der Waals surface area contributed by atoms with Crippen LogP contribution in [0.3, 0.4) is 0 Å². The monoisotopic (exact) mass is 334 g/mol. The zero-order valence-corrected chi connectivity index (χ0v) is 14.2. The van der Waals surface area contributed by atoms with Gasteiger partial charge in [0.25, 0.3) is 0 Å². The Hall–Kier alpha value is -1.82. The van der Waals surface area contributed by atoms with E-state index in [1.165, 1.54) is 30.6 Å². The van der Waals surface area contributed by atoms with Crippen LogP contribution in [0.1, 0.15) is 49.5 Å². The summed E-state index contributed by atoms with van der Waals surface area (Å²) in [5, 5.41) is 6.05. The van der Waals surface area contributed by atoms with Gasteiger partial charge in [0.05, 0.1) is 6.61 Å². The van der Waals surface area contributed by atoms with Crippen molar-refractivity contribution >= 4 is 33.4 Å². The van der Waals surface area contributed by atoms with Gasteiger partial charge < -0.3 is 14.6 Å². The fourth-order valence-corrected chi connectivity index (χ4v) is 4.07. The molecular formula is C17H22N2O3S. The molecule has 2 aromatic heterocycles. The summed E-state index contributed by atoms with van der Waals surface area (Å²) < 4.78 is 6.89. The Morgan fingerprint density at radius 1 is 1.35 bits per heavy atom. The SMILES string of the molecule is CCOC(=O)c1cc2ccsc2n1CC(=O)NC1CCCCC1. The second-order valence-corrected chi connectivity index (χ2v) is 6.81. The molecule has 0 saturated heterocycles. The number of fused-ring (bicyclic) bond motifs is 1. The normalized spacial score (nSPS) is 15.7. The van der Waals surface area contributed by atoms with Crippen LogP contribution < -0.4 is 5.32 Å². The molecule has 2 aromatic rings. The quantitative estimate of drug-likeness (QED) is 0.853. The van der Waals surface area contributed by atoms with Gasteiger partial charge in [-0.3, -0.25) is 4.79 Å². The Morgan fingerprint density at radius 2 is 2.13 bits per heavy atom. The summed E-state index contributed by atoms with van der Waals surface area (Å²) in [6.45, 7) is 2.27. The minimum Gasteiger partial charge on any atom is -0.461 e. The summed E-state index contributed by atoms with van der Waals surface area (Å²) in [5.41, 5.74) is 0.451. The number of carbonyl (C=O) groups is 2. The maximum atomic E-state index is 12.4. The first kappa shape index (κ1) is 16.1. The fraction of sp³-hybridized carbons (Fsp3) is 0.529. The smallest absolute Gasteiger partial charge is 0.355 e. The van der Waals surface area contributed by atoms with Crippen LogP contribution in [0.15, 0.2) is 17.5 Å². The highest BCUT2D eigenvalue weighted by atomic mass is 32.1. The molecule has 5 nitrogen and oxygen atoms in total. The fourth-order valence-electron chi connectivity index (χ4n) is 3.17. The first-order valence-electron chi connectivity index (χ1n) is 8.22. The van der Waals surface area contributed by atoms with E-state index in [9.17, 15) is 9.59 Å². The van der Waals surface area contributed by atoms with Crippen LogP contribution in [0.25, 0.3) is 10.2 Å². The Kier molecular flexibility index (Phi) is 5.00. The molecule has 0 aliphatic heterocycles. The number of ether oxygens (including phenoxy) is 1. The van der Waals surface area contributed by atoms with Gasteiger partial charge in [-0.2, -0.15) is 0 Å². The first-order chi connectivity index (χ1) is 11.2. The molecule has 1 aliphatic carbocycles. The van der Waals surface area contributed by atoms with Gasteiger partial charge in [0.2, 0.25) is 5.91 Å². The van der Waals surface area contributed by atoms with E-state index >= 15 is 0 Å². The largest absolute Gasteiger partial charge is 0.461 e. The number of hydrogen-bond acceptors (Lipinski definition) is 4. The molecule has 1 saturated carbocycles. The molecule has 0 bridgehead atoms. The highest BCUT2D eigenvalue weighted by molar-refractivity contribution is 7.16. The third-order valence-electron chi connectivity index (χ3n) is 4.26. The molecule has 0 unspecified atom stereocenters. The minimum absolute atomic E-state index is 0.0339. The van der Waals surface area contributed by atoms with Gasteiger partial charge in [0.15, 0.2) is 0 Å². The van der Waals surface area contributed by atoms with Crippen LogP contribution >= 0.6 is 11.3 Å². The van der Waals surface area contributed by atoms with Crippen molar-refractivity contribution in [2.75, 3.05) is 6.61 Å². The standard InChI is InChI=1S/C17H22N2O3S/c1-2-22-17(21)14-10-12-8-9-23-16(12)19(14)11-15(20)18-13-6-4-3-5-7-13/h8-10,13H,2-7,11H2,1H3,(H,18,20). The van der Waals surface area contributed by atoms with E-state index < -0.39 is 0 Å². The van der Waals surface area contributed by atoms with Crippen molar-refractivity contribution in [1.82, 2.24) is 9.88 Å². The number of nitrogens with zero attached hydrogens (tertiary/aromatic N) is 1. The zero-order chi connectivity index (χ0) is 16.2. The molecule has 1 aliphatic rings. The van der Waals surface area contributed by atoms with Gasteiger partial charge in [0.1, 0.15) is 17.1 Å². The predicted molar refractivity (Wildman–Crippen MR) is 90.8 cm³/mol. The predicted octanol–water partition coefficient (Wildman–Crippen LogP) is 3.33. The number of aromatic nitrogens is 1. The number of rotatable bonds is 5. The number of carbonyl (C=O) groups excluding carboxylic acids is 2. The summed E-state index contributed by atoms with van der Waals surface area (Å²) in [7, 11) is 0.